The SMILES string of the molecule is N#Cc1ccc(CN2CCC(N3C(=O)Nc4ccccc4C3c3ccccc3)CC2)cc1. The van der Waals surface area contributed by atoms with Gasteiger partial charge in [0, 0.05) is 36.9 Å². The highest BCUT2D eigenvalue weighted by Gasteiger charge is 2.38. The molecule has 1 saturated heterocycles. The van der Waals surface area contributed by atoms with Crippen molar-refractivity contribution in [3.8, 4) is 6.07 Å². The Bertz CT molecular complexity index is 1130. The number of likely N-dealkylation sites (tertiary alicyclic amines) is 1. The van der Waals surface area contributed by atoms with Crippen molar-refractivity contribution in [2.75, 3.05) is 18.4 Å². The Kier molecular flexibility index (Phi) is 5.62. The first-order valence-corrected chi connectivity index (χ1v) is 11.2. The van der Waals surface area contributed by atoms with Gasteiger partial charge >= 0.3 is 6.03 Å². The smallest absolute Gasteiger partial charge is 0.310 e. The fourth-order valence-electron chi connectivity index (χ4n) is 4.95. The Balaban J connectivity index is 1.34. The van der Waals surface area contributed by atoms with Crippen LogP contribution in [0.2, 0.25) is 0 Å². The molecule has 2 aliphatic rings. The molecule has 5 rings (SSSR count). The van der Waals surface area contributed by atoms with Crippen molar-refractivity contribution in [2.45, 2.75) is 31.5 Å². The van der Waals surface area contributed by atoms with Gasteiger partial charge < -0.3 is 10.2 Å². The Morgan fingerprint density at radius 2 is 1.59 bits per heavy atom. The highest BCUT2D eigenvalue weighted by atomic mass is 16.2. The Hall–Kier alpha value is -3.62. The van der Waals surface area contributed by atoms with Gasteiger partial charge in [0.2, 0.25) is 0 Å². The van der Waals surface area contributed by atoms with Crippen LogP contribution in [0.25, 0.3) is 0 Å². The number of hydrogen-bond acceptors (Lipinski definition) is 3. The number of benzene rings is 3. The van der Waals surface area contributed by atoms with E-state index in [0.29, 0.717) is 5.56 Å². The Morgan fingerprint density at radius 1 is 0.906 bits per heavy atom. The molecule has 160 valence electrons. The van der Waals surface area contributed by atoms with Crippen LogP contribution < -0.4 is 5.32 Å². The van der Waals surface area contributed by atoms with Crippen molar-refractivity contribution in [2.24, 2.45) is 0 Å². The molecule has 1 fully saturated rings. The van der Waals surface area contributed by atoms with Crippen LogP contribution in [-0.2, 0) is 6.54 Å². The number of anilines is 1. The van der Waals surface area contributed by atoms with Crippen LogP contribution in [-0.4, -0.2) is 35.0 Å². The number of hydrogen-bond donors (Lipinski definition) is 1. The van der Waals surface area contributed by atoms with E-state index >= 15 is 0 Å². The van der Waals surface area contributed by atoms with Crippen molar-refractivity contribution in [1.29, 1.82) is 5.26 Å². The van der Waals surface area contributed by atoms with E-state index in [0.717, 1.165) is 49.3 Å². The van der Waals surface area contributed by atoms with E-state index in [-0.39, 0.29) is 18.1 Å². The normalized spacial score (nSPS) is 19.2. The summed E-state index contributed by atoms with van der Waals surface area (Å²) in [5.74, 6) is 0. The van der Waals surface area contributed by atoms with Crippen molar-refractivity contribution in [3.63, 3.8) is 0 Å². The first kappa shape index (κ1) is 20.3. The Labute approximate surface area is 188 Å². The number of fused-ring (bicyclic) bond motifs is 1. The van der Waals surface area contributed by atoms with Crippen LogP contribution >= 0.6 is 0 Å². The van der Waals surface area contributed by atoms with E-state index in [9.17, 15) is 4.79 Å². The summed E-state index contributed by atoms with van der Waals surface area (Å²) in [5, 5.41) is 12.1. The lowest BCUT2D eigenvalue weighted by Gasteiger charge is -2.45. The number of amides is 2. The van der Waals surface area contributed by atoms with Crippen LogP contribution in [0.5, 0.6) is 0 Å². The number of nitrogens with zero attached hydrogens (tertiary/aromatic N) is 3. The second-order valence-electron chi connectivity index (χ2n) is 8.55. The molecule has 3 aromatic rings. The average Bonchev–Trinajstić information content (AvgIpc) is 2.85. The van der Waals surface area contributed by atoms with Crippen LogP contribution in [0, 0.1) is 11.3 Å². The summed E-state index contributed by atoms with van der Waals surface area (Å²) in [4.78, 5) is 17.7. The molecule has 5 heteroatoms. The van der Waals surface area contributed by atoms with E-state index in [1.165, 1.54) is 5.56 Å². The number of nitrogens with one attached hydrogen (secondary N) is 1. The topological polar surface area (TPSA) is 59.4 Å². The van der Waals surface area contributed by atoms with E-state index < -0.39 is 0 Å². The molecule has 1 atom stereocenters. The summed E-state index contributed by atoms with van der Waals surface area (Å²) in [7, 11) is 0. The minimum absolute atomic E-state index is 0.0110. The zero-order chi connectivity index (χ0) is 21.9. The molecule has 5 nitrogen and oxygen atoms in total. The van der Waals surface area contributed by atoms with Crippen LogP contribution in [0.15, 0.2) is 78.9 Å². The molecule has 1 unspecified atom stereocenters. The number of carbonyl (C=O) groups is 1. The molecule has 0 spiro atoms. The fraction of sp³-hybridized carbons (Fsp3) is 0.259. The minimum atomic E-state index is -0.0729. The van der Waals surface area contributed by atoms with Gasteiger partial charge in [0.1, 0.15) is 0 Å². The first-order valence-electron chi connectivity index (χ1n) is 11.2. The molecule has 0 saturated carbocycles. The second-order valence-corrected chi connectivity index (χ2v) is 8.55. The predicted molar refractivity (Wildman–Crippen MR) is 125 cm³/mol. The van der Waals surface area contributed by atoms with Crippen LogP contribution in [0.4, 0.5) is 10.5 Å². The van der Waals surface area contributed by atoms with Gasteiger partial charge in [-0.05, 0) is 42.2 Å². The summed E-state index contributed by atoms with van der Waals surface area (Å²) in [6.07, 6.45) is 1.88. The van der Waals surface area contributed by atoms with E-state index in [1.807, 2.05) is 60.7 Å². The molecule has 2 heterocycles. The molecule has 0 aromatic heterocycles. The first-order chi connectivity index (χ1) is 15.7. The van der Waals surface area contributed by atoms with Crippen molar-refractivity contribution in [3.05, 3.63) is 101 Å². The molecule has 3 aromatic carbocycles. The van der Waals surface area contributed by atoms with E-state index in [2.05, 4.69) is 39.4 Å². The number of nitriles is 1. The van der Waals surface area contributed by atoms with E-state index in [1.54, 1.807) is 0 Å². The molecular formula is C27H26N4O. The van der Waals surface area contributed by atoms with Gasteiger partial charge in [0.25, 0.3) is 0 Å². The lowest BCUT2D eigenvalue weighted by atomic mass is 9.90. The highest BCUT2D eigenvalue weighted by molar-refractivity contribution is 5.93. The number of urea groups is 1. The highest BCUT2D eigenvalue weighted by Crippen LogP contribution is 2.40. The van der Waals surface area contributed by atoms with Crippen LogP contribution in [0.3, 0.4) is 0 Å². The summed E-state index contributed by atoms with van der Waals surface area (Å²) < 4.78 is 0. The van der Waals surface area contributed by atoms with Crippen molar-refractivity contribution >= 4 is 11.7 Å². The second kappa shape index (κ2) is 8.86. The maximum atomic E-state index is 13.2. The predicted octanol–water partition coefficient (Wildman–Crippen LogP) is 5.16. The zero-order valence-electron chi connectivity index (χ0n) is 17.9. The third-order valence-electron chi connectivity index (χ3n) is 6.56. The third kappa shape index (κ3) is 3.98. The fourth-order valence-corrected chi connectivity index (χ4v) is 4.95. The minimum Gasteiger partial charge on any atom is -0.310 e. The Morgan fingerprint density at radius 3 is 2.31 bits per heavy atom. The van der Waals surface area contributed by atoms with Gasteiger partial charge in [-0.2, -0.15) is 5.26 Å². The van der Waals surface area contributed by atoms with Gasteiger partial charge in [-0.25, -0.2) is 4.79 Å². The number of carbonyl (C=O) groups excluding carboxylic acids is 1. The lowest BCUT2D eigenvalue weighted by molar-refractivity contribution is 0.106. The summed E-state index contributed by atoms with van der Waals surface area (Å²) in [6, 6.07) is 28.6. The number of para-hydroxylation sites is 1. The number of piperidine rings is 1. The van der Waals surface area contributed by atoms with Gasteiger partial charge in [-0.1, -0.05) is 60.7 Å². The quantitative estimate of drug-likeness (QED) is 0.632. The molecule has 1 N–H and O–H groups in total. The van der Waals surface area contributed by atoms with Crippen molar-refractivity contribution < 1.29 is 4.79 Å². The van der Waals surface area contributed by atoms with Gasteiger partial charge in [-0.3, -0.25) is 4.90 Å². The average molecular weight is 423 g/mol. The van der Waals surface area contributed by atoms with E-state index in [4.69, 9.17) is 5.26 Å². The molecule has 0 bridgehead atoms. The lowest BCUT2D eigenvalue weighted by Crippen LogP contribution is -2.52. The largest absolute Gasteiger partial charge is 0.322 e. The number of rotatable bonds is 4. The standard InChI is InChI=1S/C27H26N4O/c28-18-20-10-12-21(13-11-20)19-30-16-14-23(15-17-30)31-26(22-6-2-1-3-7-22)24-8-4-5-9-25(24)29-27(31)32/h1-13,23,26H,14-17,19H2,(H,29,32). The maximum Gasteiger partial charge on any atom is 0.322 e. The van der Waals surface area contributed by atoms with Crippen molar-refractivity contribution in [1.82, 2.24) is 9.80 Å². The zero-order valence-corrected chi connectivity index (χ0v) is 17.9. The summed E-state index contributed by atoms with van der Waals surface area (Å²) in [6.45, 7) is 2.75. The molecule has 32 heavy (non-hydrogen) atoms. The van der Waals surface area contributed by atoms with Crippen LogP contribution in [0.1, 0.15) is 41.1 Å². The summed E-state index contributed by atoms with van der Waals surface area (Å²) >= 11 is 0. The van der Waals surface area contributed by atoms with Gasteiger partial charge in [-0.15, -0.1) is 0 Å². The third-order valence-corrected chi connectivity index (χ3v) is 6.56. The maximum absolute atomic E-state index is 13.2. The van der Waals surface area contributed by atoms with Gasteiger partial charge in [0.05, 0.1) is 17.7 Å². The molecule has 0 radical (unpaired) electrons. The summed E-state index contributed by atoms with van der Waals surface area (Å²) in [5.41, 5.74) is 5.11. The molecule has 2 amide bonds. The monoisotopic (exact) mass is 422 g/mol. The molecule has 2 aliphatic heterocycles. The van der Waals surface area contributed by atoms with Gasteiger partial charge in [0.15, 0.2) is 0 Å². The molecular weight excluding hydrogens is 396 g/mol. The molecule has 0 aliphatic carbocycles.